The van der Waals surface area contributed by atoms with E-state index in [1.165, 1.54) is 0 Å². The van der Waals surface area contributed by atoms with E-state index in [9.17, 15) is 0 Å². The average molecular weight is 131 g/mol. The van der Waals surface area contributed by atoms with Crippen molar-refractivity contribution in [3.8, 4) is 0 Å². The van der Waals surface area contributed by atoms with E-state index in [-0.39, 0.29) is 0 Å². The number of rotatable bonds is 4. The zero-order valence-electron chi connectivity index (χ0n) is 6.77. The molecule has 0 heterocycles. The summed E-state index contributed by atoms with van der Waals surface area (Å²) in [6.07, 6.45) is 0.670. The third-order valence-corrected chi connectivity index (χ3v) is 0.996. The summed E-state index contributed by atoms with van der Waals surface area (Å²) < 4.78 is 5.43. The second-order valence-corrected chi connectivity index (χ2v) is 2.55. The quantitative estimate of drug-likeness (QED) is 0.615. The first-order valence-electron chi connectivity index (χ1n) is 3.47. The van der Waals surface area contributed by atoms with E-state index < -0.39 is 0 Å². The van der Waals surface area contributed by atoms with Crippen molar-refractivity contribution in [2.75, 3.05) is 13.6 Å². The van der Waals surface area contributed by atoms with Gasteiger partial charge in [0, 0.05) is 6.54 Å². The van der Waals surface area contributed by atoms with Gasteiger partial charge in [-0.2, -0.15) is 0 Å². The summed E-state index contributed by atoms with van der Waals surface area (Å²) in [5.41, 5.74) is 0. The van der Waals surface area contributed by atoms with Gasteiger partial charge < -0.3 is 10.1 Å². The van der Waals surface area contributed by atoms with Gasteiger partial charge in [-0.3, -0.25) is 0 Å². The van der Waals surface area contributed by atoms with Crippen LogP contribution in [0.1, 0.15) is 20.8 Å². The Bertz CT molecular complexity index is 63.9. The fraction of sp³-hybridized carbons (Fsp3) is 1.00. The Kier molecular flexibility index (Phi) is 4.72. The van der Waals surface area contributed by atoms with E-state index >= 15 is 0 Å². The van der Waals surface area contributed by atoms with Crippen molar-refractivity contribution in [3.05, 3.63) is 0 Å². The van der Waals surface area contributed by atoms with Crippen molar-refractivity contribution >= 4 is 0 Å². The second kappa shape index (κ2) is 4.77. The number of hydrogen-bond donors (Lipinski definition) is 1. The maximum absolute atomic E-state index is 5.43. The van der Waals surface area contributed by atoms with Crippen LogP contribution in [0.2, 0.25) is 0 Å². The highest BCUT2D eigenvalue weighted by molar-refractivity contribution is 4.52. The first kappa shape index (κ1) is 8.92. The lowest BCUT2D eigenvalue weighted by atomic mass is 10.4. The zero-order valence-corrected chi connectivity index (χ0v) is 6.77. The lowest BCUT2D eigenvalue weighted by Crippen LogP contribution is -2.25. The number of hydrogen-bond acceptors (Lipinski definition) is 2. The molecule has 1 atom stereocenters. The van der Waals surface area contributed by atoms with Gasteiger partial charge in [-0.1, -0.05) is 0 Å². The molecule has 0 amide bonds. The Morgan fingerprint density at radius 3 is 2.22 bits per heavy atom. The molecule has 0 rings (SSSR count). The first-order chi connectivity index (χ1) is 4.16. The predicted octanol–water partition coefficient (Wildman–Crippen LogP) is 1.02. The largest absolute Gasteiger partial charge is 0.375 e. The van der Waals surface area contributed by atoms with Crippen molar-refractivity contribution < 1.29 is 4.74 Å². The van der Waals surface area contributed by atoms with Crippen molar-refractivity contribution in [3.63, 3.8) is 0 Å². The van der Waals surface area contributed by atoms with Crippen LogP contribution in [-0.2, 0) is 4.74 Å². The van der Waals surface area contributed by atoms with E-state index in [1.54, 1.807) is 0 Å². The molecule has 1 N–H and O–H groups in total. The molecule has 56 valence electrons. The number of ether oxygens (including phenoxy) is 1. The summed E-state index contributed by atoms with van der Waals surface area (Å²) in [5.74, 6) is 0. The van der Waals surface area contributed by atoms with Crippen LogP contribution < -0.4 is 5.32 Å². The van der Waals surface area contributed by atoms with Crippen molar-refractivity contribution in [1.82, 2.24) is 5.32 Å². The Morgan fingerprint density at radius 1 is 1.33 bits per heavy atom. The van der Waals surface area contributed by atoms with Gasteiger partial charge in [0.15, 0.2) is 0 Å². The maximum Gasteiger partial charge on any atom is 0.0674 e. The molecule has 0 radical (unpaired) electrons. The van der Waals surface area contributed by atoms with Gasteiger partial charge in [0.2, 0.25) is 0 Å². The molecule has 0 aliphatic carbocycles. The molecule has 0 aliphatic heterocycles. The molecule has 0 bridgehead atoms. The summed E-state index contributed by atoms with van der Waals surface area (Å²) in [6.45, 7) is 7.09. The Labute approximate surface area is 57.6 Å². The normalized spacial score (nSPS) is 14.3. The maximum atomic E-state index is 5.43. The molecule has 9 heavy (non-hydrogen) atoms. The van der Waals surface area contributed by atoms with E-state index in [0.717, 1.165) is 6.54 Å². The SMILES string of the molecule is CNCC(C)OC(C)C. The lowest BCUT2D eigenvalue weighted by molar-refractivity contribution is 0.0206. The number of nitrogens with one attached hydrogen (secondary N) is 1. The number of likely N-dealkylation sites (N-methyl/N-ethyl adjacent to an activating group) is 1. The van der Waals surface area contributed by atoms with Crippen LogP contribution in [0, 0.1) is 0 Å². The standard InChI is InChI=1S/C7H17NO/c1-6(2)9-7(3)5-8-4/h6-8H,5H2,1-4H3. The molecular weight excluding hydrogens is 114 g/mol. The molecule has 0 aliphatic rings. The Morgan fingerprint density at radius 2 is 1.89 bits per heavy atom. The van der Waals surface area contributed by atoms with Gasteiger partial charge in [-0.05, 0) is 27.8 Å². The Hall–Kier alpha value is -0.0800. The average Bonchev–Trinajstić information content (AvgIpc) is 1.63. The van der Waals surface area contributed by atoms with Crippen LogP contribution in [0.25, 0.3) is 0 Å². The highest BCUT2D eigenvalue weighted by Crippen LogP contribution is 1.94. The van der Waals surface area contributed by atoms with E-state index in [4.69, 9.17) is 4.74 Å². The van der Waals surface area contributed by atoms with E-state index in [2.05, 4.69) is 12.2 Å². The van der Waals surface area contributed by atoms with Crippen molar-refractivity contribution in [1.29, 1.82) is 0 Å². The topological polar surface area (TPSA) is 21.3 Å². The van der Waals surface area contributed by atoms with Crippen LogP contribution in [-0.4, -0.2) is 25.8 Å². The molecule has 0 spiro atoms. The van der Waals surface area contributed by atoms with Crippen LogP contribution in [0.15, 0.2) is 0 Å². The highest BCUT2D eigenvalue weighted by Gasteiger charge is 2.01. The van der Waals surface area contributed by atoms with Crippen LogP contribution in [0.4, 0.5) is 0 Å². The first-order valence-corrected chi connectivity index (χ1v) is 3.47. The Balaban J connectivity index is 3.15. The van der Waals surface area contributed by atoms with Gasteiger partial charge in [0.05, 0.1) is 12.2 Å². The summed E-state index contributed by atoms with van der Waals surface area (Å²) in [6, 6.07) is 0. The summed E-state index contributed by atoms with van der Waals surface area (Å²) in [5, 5.41) is 3.05. The third-order valence-electron chi connectivity index (χ3n) is 0.996. The van der Waals surface area contributed by atoms with Crippen molar-refractivity contribution in [2.45, 2.75) is 33.0 Å². The smallest absolute Gasteiger partial charge is 0.0674 e. The van der Waals surface area contributed by atoms with Crippen LogP contribution >= 0.6 is 0 Å². The summed E-state index contributed by atoms with van der Waals surface area (Å²) in [7, 11) is 1.93. The van der Waals surface area contributed by atoms with Crippen LogP contribution in [0.5, 0.6) is 0 Å². The molecule has 0 fully saturated rings. The third kappa shape index (κ3) is 5.80. The predicted molar refractivity (Wildman–Crippen MR) is 39.6 cm³/mol. The highest BCUT2D eigenvalue weighted by atomic mass is 16.5. The molecule has 2 heteroatoms. The fourth-order valence-corrected chi connectivity index (χ4v) is 0.800. The minimum Gasteiger partial charge on any atom is -0.375 e. The van der Waals surface area contributed by atoms with E-state index in [0.29, 0.717) is 12.2 Å². The fourth-order valence-electron chi connectivity index (χ4n) is 0.800. The molecule has 0 aromatic rings. The molecule has 0 saturated carbocycles. The minimum absolute atomic E-state index is 0.329. The molecule has 0 saturated heterocycles. The molecular formula is C7H17NO. The second-order valence-electron chi connectivity index (χ2n) is 2.55. The molecule has 1 unspecified atom stereocenters. The zero-order chi connectivity index (χ0) is 7.28. The van der Waals surface area contributed by atoms with Gasteiger partial charge in [-0.25, -0.2) is 0 Å². The lowest BCUT2D eigenvalue weighted by Gasteiger charge is -2.14. The van der Waals surface area contributed by atoms with Gasteiger partial charge in [0.25, 0.3) is 0 Å². The monoisotopic (exact) mass is 131 g/mol. The van der Waals surface area contributed by atoms with Gasteiger partial charge in [-0.15, -0.1) is 0 Å². The van der Waals surface area contributed by atoms with Gasteiger partial charge in [0.1, 0.15) is 0 Å². The molecule has 0 aromatic heterocycles. The summed E-state index contributed by atoms with van der Waals surface area (Å²) in [4.78, 5) is 0. The van der Waals surface area contributed by atoms with Crippen molar-refractivity contribution in [2.24, 2.45) is 0 Å². The minimum atomic E-state index is 0.329. The van der Waals surface area contributed by atoms with Gasteiger partial charge >= 0.3 is 0 Å². The molecule has 0 aromatic carbocycles. The van der Waals surface area contributed by atoms with Crippen LogP contribution in [0.3, 0.4) is 0 Å². The molecule has 2 nitrogen and oxygen atoms in total. The van der Waals surface area contributed by atoms with E-state index in [1.807, 2.05) is 20.9 Å². The summed E-state index contributed by atoms with van der Waals surface area (Å²) >= 11 is 0.